The number of thiocarbonyl (C=S) groups is 1. The smallest absolute Gasteiger partial charge is 0.266 e. The molecule has 1 aliphatic rings. The van der Waals surface area contributed by atoms with Crippen LogP contribution in [-0.2, 0) is 14.4 Å². The second-order valence-electron chi connectivity index (χ2n) is 6.24. The topological polar surface area (TPSA) is 89.5 Å². The Morgan fingerprint density at radius 1 is 1.33 bits per heavy atom. The van der Waals surface area contributed by atoms with Gasteiger partial charge in [-0.2, -0.15) is 0 Å². The highest BCUT2D eigenvalue weighted by molar-refractivity contribution is 8.26. The number of nitrogens with zero attached hydrogens (tertiary/aromatic N) is 1. The SMILES string of the molecule is CC[C@@H](C)[C@H](NC(=O)CCN1C(=O)/C(=C\c2ccccc2)SC1=S)C(=O)[O-]. The fourth-order valence-corrected chi connectivity index (χ4v) is 3.83. The van der Waals surface area contributed by atoms with Crippen molar-refractivity contribution < 1.29 is 19.5 Å². The summed E-state index contributed by atoms with van der Waals surface area (Å²) in [5, 5.41) is 13.7. The zero-order chi connectivity index (χ0) is 20.0. The van der Waals surface area contributed by atoms with Gasteiger partial charge in [-0.25, -0.2) is 0 Å². The number of carboxylic acid groups (broad SMARTS) is 1. The molecule has 0 saturated carbocycles. The van der Waals surface area contributed by atoms with Crippen molar-refractivity contribution in [2.75, 3.05) is 6.54 Å². The van der Waals surface area contributed by atoms with Crippen LogP contribution < -0.4 is 10.4 Å². The Morgan fingerprint density at radius 2 is 2.00 bits per heavy atom. The molecule has 0 radical (unpaired) electrons. The third kappa shape index (κ3) is 5.64. The number of aliphatic carboxylic acids is 1. The number of carbonyl (C=O) groups is 3. The van der Waals surface area contributed by atoms with Crippen LogP contribution in [0.3, 0.4) is 0 Å². The number of carboxylic acids is 1. The van der Waals surface area contributed by atoms with Gasteiger partial charge in [0.25, 0.3) is 5.91 Å². The molecule has 6 nitrogen and oxygen atoms in total. The number of benzene rings is 1. The fraction of sp³-hybridized carbons (Fsp3) is 0.368. The van der Waals surface area contributed by atoms with E-state index in [0.717, 1.165) is 5.56 Å². The number of carbonyl (C=O) groups excluding carboxylic acids is 3. The lowest BCUT2D eigenvalue weighted by molar-refractivity contribution is -0.309. The van der Waals surface area contributed by atoms with Gasteiger partial charge in [0.1, 0.15) is 4.32 Å². The molecule has 144 valence electrons. The normalized spacial score (nSPS) is 17.9. The van der Waals surface area contributed by atoms with Crippen molar-refractivity contribution in [3.05, 3.63) is 40.8 Å². The van der Waals surface area contributed by atoms with Crippen LogP contribution in [0.15, 0.2) is 35.2 Å². The van der Waals surface area contributed by atoms with Crippen molar-refractivity contribution in [2.24, 2.45) is 5.92 Å². The van der Waals surface area contributed by atoms with E-state index in [4.69, 9.17) is 12.2 Å². The molecule has 2 amide bonds. The minimum Gasteiger partial charge on any atom is -0.548 e. The number of amides is 2. The molecule has 8 heteroatoms. The maximum atomic E-state index is 12.5. The van der Waals surface area contributed by atoms with Crippen LogP contribution in [0.5, 0.6) is 0 Å². The molecule has 0 unspecified atom stereocenters. The van der Waals surface area contributed by atoms with Crippen LogP contribution in [-0.4, -0.2) is 39.6 Å². The van der Waals surface area contributed by atoms with Gasteiger partial charge in [-0.15, -0.1) is 0 Å². The van der Waals surface area contributed by atoms with Gasteiger partial charge < -0.3 is 15.2 Å². The average Bonchev–Trinajstić information content (AvgIpc) is 2.91. The fourth-order valence-electron chi connectivity index (χ4n) is 2.52. The molecule has 0 spiro atoms. The predicted molar refractivity (Wildman–Crippen MR) is 107 cm³/mol. The Morgan fingerprint density at radius 3 is 2.59 bits per heavy atom. The standard InChI is InChI=1S/C19H22N2O4S2/c1-3-12(2)16(18(24)25)20-15(22)9-10-21-17(23)14(27-19(21)26)11-13-7-5-4-6-8-13/h4-8,11-12,16H,3,9-10H2,1-2H3,(H,20,22)(H,24,25)/p-1/b14-11+/t12-,16+/m1/s1. The van der Waals surface area contributed by atoms with Gasteiger partial charge in [0.05, 0.1) is 16.9 Å². The second kappa shape index (κ2) is 9.66. The molecule has 2 atom stereocenters. The third-order valence-electron chi connectivity index (χ3n) is 4.32. The van der Waals surface area contributed by atoms with E-state index in [2.05, 4.69) is 5.32 Å². The van der Waals surface area contributed by atoms with Crippen LogP contribution in [0, 0.1) is 5.92 Å². The van der Waals surface area contributed by atoms with E-state index in [1.807, 2.05) is 37.3 Å². The van der Waals surface area contributed by atoms with E-state index in [9.17, 15) is 19.5 Å². The number of rotatable bonds is 8. The van der Waals surface area contributed by atoms with Gasteiger partial charge in [-0.05, 0) is 17.6 Å². The molecular formula is C19H21N2O4S2-. The number of hydrogen-bond acceptors (Lipinski definition) is 6. The van der Waals surface area contributed by atoms with Gasteiger partial charge in [0.15, 0.2) is 0 Å². The first-order chi connectivity index (χ1) is 12.8. The molecule has 1 saturated heterocycles. The molecule has 1 fully saturated rings. The van der Waals surface area contributed by atoms with Crippen molar-refractivity contribution in [2.45, 2.75) is 32.7 Å². The van der Waals surface area contributed by atoms with E-state index in [0.29, 0.717) is 15.6 Å². The first-order valence-corrected chi connectivity index (χ1v) is 9.86. The number of nitrogens with one attached hydrogen (secondary N) is 1. The summed E-state index contributed by atoms with van der Waals surface area (Å²) in [6, 6.07) is 8.36. The highest BCUT2D eigenvalue weighted by atomic mass is 32.2. The van der Waals surface area contributed by atoms with Gasteiger partial charge >= 0.3 is 0 Å². The van der Waals surface area contributed by atoms with Crippen LogP contribution in [0.4, 0.5) is 0 Å². The molecule has 1 aromatic rings. The third-order valence-corrected chi connectivity index (χ3v) is 5.69. The Balaban J connectivity index is 1.96. The van der Waals surface area contributed by atoms with Gasteiger partial charge in [-0.3, -0.25) is 14.5 Å². The molecule has 27 heavy (non-hydrogen) atoms. The van der Waals surface area contributed by atoms with Crippen LogP contribution in [0.25, 0.3) is 6.08 Å². The monoisotopic (exact) mass is 405 g/mol. The summed E-state index contributed by atoms with van der Waals surface area (Å²) in [5.41, 5.74) is 0.890. The van der Waals surface area contributed by atoms with E-state index >= 15 is 0 Å². The van der Waals surface area contributed by atoms with Gasteiger partial charge in [0, 0.05) is 13.0 Å². The maximum absolute atomic E-state index is 12.5. The van der Waals surface area contributed by atoms with Crippen LogP contribution >= 0.6 is 24.0 Å². The average molecular weight is 406 g/mol. The second-order valence-corrected chi connectivity index (χ2v) is 7.92. The van der Waals surface area contributed by atoms with E-state index in [1.54, 1.807) is 13.0 Å². The number of hydrogen-bond donors (Lipinski definition) is 1. The van der Waals surface area contributed by atoms with E-state index in [1.165, 1.54) is 16.7 Å². The number of thioether (sulfide) groups is 1. The lowest BCUT2D eigenvalue weighted by Gasteiger charge is -2.25. The quantitative estimate of drug-likeness (QED) is 0.521. The minimum atomic E-state index is -1.31. The Kier molecular flexibility index (Phi) is 7.55. The summed E-state index contributed by atoms with van der Waals surface area (Å²) in [5.74, 6) is -2.26. The van der Waals surface area contributed by atoms with Crippen molar-refractivity contribution >= 4 is 52.2 Å². The zero-order valence-corrected chi connectivity index (χ0v) is 16.8. The molecule has 1 aromatic carbocycles. The molecule has 0 aliphatic carbocycles. The molecule has 0 bridgehead atoms. The minimum absolute atomic E-state index is 0.0364. The van der Waals surface area contributed by atoms with E-state index in [-0.39, 0.29) is 24.8 Å². The highest BCUT2D eigenvalue weighted by Gasteiger charge is 2.32. The molecule has 1 aliphatic heterocycles. The Hall–Kier alpha value is -2.19. The van der Waals surface area contributed by atoms with Gasteiger partial charge in [0.2, 0.25) is 5.91 Å². The summed E-state index contributed by atoms with van der Waals surface area (Å²) in [4.78, 5) is 37.7. The predicted octanol–water partition coefficient (Wildman–Crippen LogP) is 1.56. The Bertz CT molecular complexity index is 764. The molecule has 2 rings (SSSR count). The summed E-state index contributed by atoms with van der Waals surface area (Å²) in [7, 11) is 0. The lowest BCUT2D eigenvalue weighted by Crippen LogP contribution is -2.51. The first kappa shape index (κ1) is 21.1. The summed E-state index contributed by atoms with van der Waals surface area (Å²) in [6.07, 6.45) is 2.32. The van der Waals surface area contributed by atoms with Crippen molar-refractivity contribution in [1.82, 2.24) is 10.2 Å². The lowest BCUT2D eigenvalue weighted by atomic mass is 9.99. The molecular weight excluding hydrogens is 384 g/mol. The summed E-state index contributed by atoms with van der Waals surface area (Å²) < 4.78 is 0.383. The summed E-state index contributed by atoms with van der Waals surface area (Å²) in [6.45, 7) is 3.67. The highest BCUT2D eigenvalue weighted by Crippen LogP contribution is 2.32. The van der Waals surface area contributed by atoms with Crippen molar-refractivity contribution in [3.63, 3.8) is 0 Å². The summed E-state index contributed by atoms with van der Waals surface area (Å²) >= 11 is 6.43. The van der Waals surface area contributed by atoms with Crippen LogP contribution in [0.2, 0.25) is 0 Å². The molecule has 1 N–H and O–H groups in total. The van der Waals surface area contributed by atoms with Crippen LogP contribution in [0.1, 0.15) is 32.3 Å². The Labute approximate surface area is 168 Å². The van der Waals surface area contributed by atoms with Gasteiger partial charge in [-0.1, -0.05) is 74.6 Å². The molecule has 0 aromatic heterocycles. The van der Waals surface area contributed by atoms with E-state index < -0.39 is 17.9 Å². The first-order valence-electron chi connectivity index (χ1n) is 8.64. The zero-order valence-electron chi connectivity index (χ0n) is 15.1. The van der Waals surface area contributed by atoms with Crippen molar-refractivity contribution in [3.8, 4) is 0 Å². The maximum Gasteiger partial charge on any atom is 0.266 e. The largest absolute Gasteiger partial charge is 0.548 e. The van der Waals surface area contributed by atoms with Crippen molar-refractivity contribution in [1.29, 1.82) is 0 Å². The molecule has 1 heterocycles.